The molecule has 0 spiro atoms. The van der Waals surface area contributed by atoms with Gasteiger partial charge in [0.05, 0.1) is 5.92 Å². The quantitative estimate of drug-likeness (QED) is 0.486. The SMILES string of the molecule is CCC(CC)C(=O)OOOC(C)(C)CC. The van der Waals surface area contributed by atoms with E-state index in [9.17, 15) is 4.79 Å². The molecule has 0 aliphatic rings. The van der Waals surface area contributed by atoms with Crippen molar-refractivity contribution in [1.82, 2.24) is 0 Å². The van der Waals surface area contributed by atoms with Gasteiger partial charge >= 0.3 is 5.97 Å². The van der Waals surface area contributed by atoms with Gasteiger partial charge in [-0.25, -0.2) is 4.79 Å². The molecule has 0 heterocycles. The van der Waals surface area contributed by atoms with Crippen molar-refractivity contribution in [2.24, 2.45) is 5.92 Å². The number of rotatable bonds is 7. The maximum absolute atomic E-state index is 11.4. The summed E-state index contributed by atoms with van der Waals surface area (Å²) in [4.78, 5) is 20.9. The zero-order chi connectivity index (χ0) is 11.9. The van der Waals surface area contributed by atoms with E-state index in [1.807, 2.05) is 34.6 Å². The molecule has 4 nitrogen and oxygen atoms in total. The van der Waals surface area contributed by atoms with Crippen LogP contribution >= 0.6 is 0 Å². The highest BCUT2D eigenvalue weighted by Gasteiger charge is 2.21. The van der Waals surface area contributed by atoms with Crippen LogP contribution in [-0.4, -0.2) is 11.6 Å². The zero-order valence-corrected chi connectivity index (χ0v) is 10.3. The lowest BCUT2D eigenvalue weighted by atomic mass is 10.0. The molecule has 0 atom stereocenters. The second kappa shape index (κ2) is 6.80. The van der Waals surface area contributed by atoms with Gasteiger partial charge in [0.15, 0.2) is 0 Å². The zero-order valence-electron chi connectivity index (χ0n) is 10.3. The van der Waals surface area contributed by atoms with Crippen LogP contribution in [0.2, 0.25) is 0 Å². The molecule has 0 radical (unpaired) electrons. The van der Waals surface area contributed by atoms with Gasteiger partial charge < -0.3 is 0 Å². The summed E-state index contributed by atoms with van der Waals surface area (Å²) < 4.78 is 0. The van der Waals surface area contributed by atoms with Crippen LogP contribution in [-0.2, 0) is 19.6 Å². The molecule has 0 aromatic rings. The van der Waals surface area contributed by atoms with Gasteiger partial charge in [0.25, 0.3) is 0 Å². The minimum Gasteiger partial charge on any atom is -0.269 e. The van der Waals surface area contributed by atoms with Crippen molar-refractivity contribution in [2.45, 2.75) is 59.5 Å². The maximum atomic E-state index is 11.4. The summed E-state index contributed by atoms with van der Waals surface area (Å²) in [5, 5.41) is 4.49. The van der Waals surface area contributed by atoms with Crippen LogP contribution < -0.4 is 0 Å². The Morgan fingerprint density at radius 1 is 1.20 bits per heavy atom. The van der Waals surface area contributed by atoms with E-state index in [1.54, 1.807) is 0 Å². The average Bonchev–Trinajstić information content (AvgIpc) is 2.19. The Balaban J connectivity index is 3.81. The number of carbonyl (C=O) groups excluding carboxylic acids is 1. The first kappa shape index (κ1) is 14.4. The molecule has 0 rings (SSSR count). The van der Waals surface area contributed by atoms with Gasteiger partial charge in [-0.1, -0.05) is 20.8 Å². The smallest absolute Gasteiger partial charge is 0.269 e. The normalized spacial score (nSPS) is 11.9. The highest BCUT2D eigenvalue weighted by atomic mass is 17.5. The second-order valence-electron chi connectivity index (χ2n) is 4.18. The minimum absolute atomic E-state index is 0.113. The van der Waals surface area contributed by atoms with E-state index in [0.29, 0.717) is 0 Å². The second-order valence-corrected chi connectivity index (χ2v) is 4.18. The van der Waals surface area contributed by atoms with E-state index >= 15 is 0 Å². The van der Waals surface area contributed by atoms with Gasteiger partial charge in [0.1, 0.15) is 5.60 Å². The van der Waals surface area contributed by atoms with Crippen LogP contribution in [0.3, 0.4) is 0 Å². The molecule has 0 amide bonds. The molecule has 0 fully saturated rings. The molecule has 90 valence electrons. The van der Waals surface area contributed by atoms with Crippen molar-refractivity contribution in [3.63, 3.8) is 0 Å². The fourth-order valence-corrected chi connectivity index (χ4v) is 0.892. The van der Waals surface area contributed by atoms with Gasteiger partial charge in [-0.05, 0) is 38.1 Å². The lowest BCUT2D eigenvalue weighted by molar-refractivity contribution is -0.517. The molecule has 0 unspecified atom stereocenters. The Hall–Kier alpha value is -0.610. The third-order valence-corrected chi connectivity index (χ3v) is 2.55. The third-order valence-electron chi connectivity index (χ3n) is 2.55. The van der Waals surface area contributed by atoms with Crippen molar-refractivity contribution >= 4 is 5.97 Å². The number of hydrogen-bond donors (Lipinski definition) is 0. The van der Waals surface area contributed by atoms with Crippen LogP contribution in [0.4, 0.5) is 0 Å². The molecular formula is C11H22O4. The van der Waals surface area contributed by atoms with Crippen molar-refractivity contribution < 1.29 is 19.6 Å². The molecule has 0 N–H and O–H groups in total. The molecule has 15 heavy (non-hydrogen) atoms. The first-order valence-electron chi connectivity index (χ1n) is 5.53. The Kier molecular flexibility index (Phi) is 6.52. The van der Waals surface area contributed by atoms with Crippen molar-refractivity contribution in [3.05, 3.63) is 0 Å². The molecule has 0 aliphatic heterocycles. The van der Waals surface area contributed by atoms with E-state index in [1.165, 1.54) is 0 Å². The van der Waals surface area contributed by atoms with E-state index in [0.717, 1.165) is 19.3 Å². The van der Waals surface area contributed by atoms with E-state index < -0.39 is 5.60 Å². The molecule has 4 heteroatoms. The van der Waals surface area contributed by atoms with Crippen LogP contribution in [0.25, 0.3) is 0 Å². The lowest BCUT2D eigenvalue weighted by Gasteiger charge is -2.20. The standard InChI is InChI=1S/C11H22O4/c1-6-9(7-2)10(12)13-15-14-11(4,5)8-3/h9H,6-8H2,1-5H3. The predicted octanol–water partition coefficient (Wildman–Crippen LogP) is 3.02. The lowest BCUT2D eigenvalue weighted by Crippen LogP contribution is -2.25. The molecule has 0 aromatic carbocycles. The van der Waals surface area contributed by atoms with Crippen LogP contribution in [0.15, 0.2) is 0 Å². The summed E-state index contributed by atoms with van der Waals surface area (Å²) in [5.41, 5.74) is -0.436. The number of hydrogen-bond acceptors (Lipinski definition) is 4. The van der Waals surface area contributed by atoms with Gasteiger partial charge in [-0.15, -0.1) is 0 Å². The van der Waals surface area contributed by atoms with E-state index in [2.05, 4.69) is 9.93 Å². The highest BCUT2D eigenvalue weighted by Crippen LogP contribution is 2.15. The first-order chi connectivity index (χ1) is 6.96. The van der Waals surface area contributed by atoms with Gasteiger partial charge in [-0.3, -0.25) is 4.89 Å². The molecule has 0 aromatic heterocycles. The van der Waals surface area contributed by atoms with Crippen molar-refractivity contribution in [3.8, 4) is 0 Å². The first-order valence-corrected chi connectivity index (χ1v) is 5.53. The average molecular weight is 218 g/mol. The van der Waals surface area contributed by atoms with Crippen molar-refractivity contribution in [1.29, 1.82) is 0 Å². The number of carbonyl (C=O) groups is 1. The molecule has 0 bridgehead atoms. The van der Waals surface area contributed by atoms with Crippen molar-refractivity contribution in [2.75, 3.05) is 0 Å². The van der Waals surface area contributed by atoms with Crippen LogP contribution in [0, 0.1) is 5.92 Å². The largest absolute Gasteiger partial charge is 0.348 e. The van der Waals surface area contributed by atoms with Crippen LogP contribution in [0.5, 0.6) is 0 Å². The monoisotopic (exact) mass is 218 g/mol. The van der Waals surface area contributed by atoms with Gasteiger partial charge in [0, 0.05) is 0 Å². The third kappa shape index (κ3) is 5.74. The molecular weight excluding hydrogens is 196 g/mol. The van der Waals surface area contributed by atoms with Crippen LogP contribution in [0.1, 0.15) is 53.9 Å². The Morgan fingerprint density at radius 3 is 2.13 bits per heavy atom. The summed E-state index contributed by atoms with van der Waals surface area (Å²) in [7, 11) is 0. The fraction of sp³-hybridized carbons (Fsp3) is 0.909. The molecule has 0 saturated heterocycles. The predicted molar refractivity (Wildman–Crippen MR) is 56.7 cm³/mol. The molecule has 0 saturated carbocycles. The van der Waals surface area contributed by atoms with E-state index in [-0.39, 0.29) is 11.9 Å². The van der Waals surface area contributed by atoms with Gasteiger partial charge in [0.2, 0.25) is 0 Å². The van der Waals surface area contributed by atoms with E-state index in [4.69, 9.17) is 4.89 Å². The Labute approximate surface area is 91.7 Å². The summed E-state index contributed by atoms with van der Waals surface area (Å²) in [6, 6.07) is 0. The summed E-state index contributed by atoms with van der Waals surface area (Å²) in [6.45, 7) is 9.56. The Bertz CT molecular complexity index is 185. The molecule has 0 aliphatic carbocycles. The topological polar surface area (TPSA) is 44.8 Å². The summed E-state index contributed by atoms with van der Waals surface area (Å²) in [5.74, 6) is -0.481. The minimum atomic E-state index is -0.436. The fourth-order valence-electron chi connectivity index (χ4n) is 0.892. The maximum Gasteiger partial charge on any atom is 0.348 e. The highest BCUT2D eigenvalue weighted by molar-refractivity contribution is 5.71. The summed E-state index contributed by atoms with van der Waals surface area (Å²) in [6.07, 6.45) is 2.27. The Morgan fingerprint density at radius 2 is 1.73 bits per heavy atom. The van der Waals surface area contributed by atoms with Gasteiger partial charge in [-0.2, -0.15) is 4.89 Å². The summed E-state index contributed by atoms with van der Waals surface area (Å²) >= 11 is 0.